The van der Waals surface area contributed by atoms with Crippen LogP contribution in [-0.2, 0) is 0 Å². The number of pyridine rings is 1. The van der Waals surface area contributed by atoms with Crippen LogP contribution >= 0.6 is 11.6 Å². The van der Waals surface area contributed by atoms with Crippen molar-refractivity contribution in [3.05, 3.63) is 46.7 Å². The Bertz CT molecular complexity index is 626. The van der Waals surface area contributed by atoms with Gasteiger partial charge in [0.1, 0.15) is 0 Å². The molecule has 1 heterocycles. The van der Waals surface area contributed by atoms with E-state index in [1.807, 2.05) is 6.07 Å². The number of carbonyl (C=O) groups is 1. The van der Waals surface area contributed by atoms with Crippen molar-refractivity contribution in [2.45, 2.75) is 6.92 Å². The minimum absolute atomic E-state index is 0.319. The summed E-state index contributed by atoms with van der Waals surface area (Å²) in [5, 5.41) is 19.2. The van der Waals surface area contributed by atoms with Crippen molar-refractivity contribution >= 4 is 17.6 Å². The number of aromatic hydroxyl groups is 1. The molecule has 0 amide bonds. The lowest BCUT2D eigenvalue weighted by Gasteiger charge is -2.09. The van der Waals surface area contributed by atoms with Gasteiger partial charge < -0.3 is 10.2 Å². The maximum absolute atomic E-state index is 10.8. The molecule has 1 aromatic heterocycles. The summed E-state index contributed by atoms with van der Waals surface area (Å²) < 4.78 is 0. The van der Waals surface area contributed by atoms with Crippen LogP contribution in [0, 0.1) is 6.92 Å². The van der Waals surface area contributed by atoms with Crippen molar-refractivity contribution < 1.29 is 15.0 Å². The van der Waals surface area contributed by atoms with Crippen LogP contribution < -0.4 is 0 Å². The molecule has 0 radical (unpaired) electrons. The second kappa shape index (κ2) is 4.66. The molecule has 2 aromatic rings. The van der Waals surface area contributed by atoms with Gasteiger partial charge in [0.05, 0.1) is 0 Å². The van der Waals surface area contributed by atoms with E-state index in [1.54, 1.807) is 25.1 Å². The summed E-state index contributed by atoms with van der Waals surface area (Å²) in [6.07, 6.45) is 1.42. The zero-order valence-corrected chi connectivity index (χ0v) is 10.3. The van der Waals surface area contributed by atoms with E-state index in [0.29, 0.717) is 16.1 Å². The molecule has 0 saturated carbocycles. The molecule has 1 aromatic carbocycles. The average molecular weight is 264 g/mol. The van der Waals surface area contributed by atoms with Crippen molar-refractivity contribution in [1.29, 1.82) is 0 Å². The SMILES string of the molecule is Cc1c(-c2cccc(Cl)c2)cnc(C(=O)O)c1O. The number of rotatable bonds is 2. The van der Waals surface area contributed by atoms with E-state index in [1.165, 1.54) is 6.20 Å². The minimum Gasteiger partial charge on any atom is -0.505 e. The number of nitrogens with zero attached hydrogens (tertiary/aromatic N) is 1. The van der Waals surface area contributed by atoms with Gasteiger partial charge >= 0.3 is 5.97 Å². The molecule has 0 unspecified atom stereocenters. The zero-order chi connectivity index (χ0) is 13.3. The van der Waals surface area contributed by atoms with E-state index in [2.05, 4.69) is 4.98 Å². The van der Waals surface area contributed by atoms with Crippen LogP contribution in [0.5, 0.6) is 5.75 Å². The van der Waals surface area contributed by atoms with Gasteiger partial charge in [-0.2, -0.15) is 0 Å². The first kappa shape index (κ1) is 12.4. The normalized spacial score (nSPS) is 10.3. The number of aromatic nitrogens is 1. The Balaban J connectivity index is 2.61. The quantitative estimate of drug-likeness (QED) is 0.873. The molecule has 0 fully saturated rings. The molecular weight excluding hydrogens is 254 g/mol. The highest BCUT2D eigenvalue weighted by atomic mass is 35.5. The number of halogens is 1. The van der Waals surface area contributed by atoms with E-state index in [9.17, 15) is 9.90 Å². The van der Waals surface area contributed by atoms with Gasteiger partial charge in [-0.3, -0.25) is 0 Å². The standard InChI is InChI=1S/C13H10ClNO3/c1-7-10(8-3-2-4-9(14)5-8)6-15-11(12(7)16)13(17)18/h2-6,16H,1H3,(H,17,18). The van der Waals surface area contributed by atoms with E-state index in [0.717, 1.165) is 5.56 Å². The van der Waals surface area contributed by atoms with Crippen molar-refractivity contribution in [2.75, 3.05) is 0 Å². The number of carboxylic acid groups (broad SMARTS) is 1. The second-order valence-electron chi connectivity index (χ2n) is 3.81. The molecule has 0 spiro atoms. The van der Waals surface area contributed by atoms with Gasteiger partial charge in [0, 0.05) is 22.3 Å². The number of carboxylic acids is 1. The van der Waals surface area contributed by atoms with Crippen molar-refractivity contribution in [2.24, 2.45) is 0 Å². The van der Waals surface area contributed by atoms with Crippen LogP contribution in [0.15, 0.2) is 30.5 Å². The predicted octanol–water partition coefficient (Wildman–Crippen LogP) is 3.11. The molecule has 2 N–H and O–H groups in total. The molecule has 0 atom stereocenters. The Morgan fingerprint density at radius 2 is 2.11 bits per heavy atom. The van der Waals surface area contributed by atoms with Crippen LogP contribution in [-0.4, -0.2) is 21.2 Å². The fraction of sp³-hybridized carbons (Fsp3) is 0.0769. The number of benzene rings is 1. The Morgan fingerprint density at radius 3 is 2.72 bits per heavy atom. The Hall–Kier alpha value is -2.07. The maximum Gasteiger partial charge on any atom is 0.358 e. The highest BCUT2D eigenvalue weighted by molar-refractivity contribution is 6.30. The summed E-state index contributed by atoms with van der Waals surface area (Å²) in [6.45, 7) is 1.64. The fourth-order valence-electron chi connectivity index (χ4n) is 1.70. The third-order valence-corrected chi connectivity index (χ3v) is 2.88. The molecule has 0 bridgehead atoms. The first-order valence-corrected chi connectivity index (χ1v) is 5.56. The molecule has 0 aliphatic carbocycles. The second-order valence-corrected chi connectivity index (χ2v) is 4.25. The van der Waals surface area contributed by atoms with Crippen molar-refractivity contribution in [1.82, 2.24) is 4.98 Å². The van der Waals surface area contributed by atoms with Gasteiger partial charge in [0.25, 0.3) is 0 Å². The lowest BCUT2D eigenvalue weighted by Crippen LogP contribution is -2.02. The van der Waals surface area contributed by atoms with Crippen LogP contribution in [0.4, 0.5) is 0 Å². The first-order chi connectivity index (χ1) is 8.50. The largest absolute Gasteiger partial charge is 0.505 e. The van der Waals surface area contributed by atoms with Gasteiger partial charge in [-0.25, -0.2) is 9.78 Å². The molecule has 0 aliphatic heterocycles. The molecule has 5 heteroatoms. The van der Waals surface area contributed by atoms with Gasteiger partial charge in [-0.1, -0.05) is 23.7 Å². The van der Waals surface area contributed by atoms with E-state index < -0.39 is 5.97 Å². The Morgan fingerprint density at radius 1 is 1.39 bits per heavy atom. The summed E-state index contributed by atoms with van der Waals surface area (Å²) in [7, 11) is 0. The maximum atomic E-state index is 10.8. The smallest absolute Gasteiger partial charge is 0.358 e. The molecule has 0 saturated heterocycles. The summed E-state index contributed by atoms with van der Waals surface area (Å²) in [5.41, 5.74) is 1.54. The van der Waals surface area contributed by atoms with Crippen LogP contribution in [0.3, 0.4) is 0 Å². The van der Waals surface area contributed by atoms with Gasteiger partial charge in [0.2, 0.25) is 0 Å². The molecule has 0 aliphatic rings. The summed E-state index contributed by atoms with van der Waals surface area (Å²) >= 11 is 5.89. The number of aromatic carboxylic acids is 1. The topological polar surface area (TPSA) is 70.4 Å². The fourth-order valence-corrected chi connectivity index (χ4v) is 1.89. The first-order valence-electron chi connectivity index (χ1n) is 5.18. The van der Waals surface area contributed by atoms with Crippen LogP contribution in [0.25, 0.3) is 11.1 Å². The van der Waals surface area contributed by atoms with E-state index in [4.69, 9.17) is 16.7 Å². The number of hydrogen-bond acceptors (Lipinski definition) is 3. The van der Waals surface area contributed by atoms with Gasteiger partial charge in [0.15, 0.2) is 11.4 Å². The minimum atomic E-state index is -1.26. The predicted molar refractivity (Wildman–Crippen MR) is 68.0 cm³/mol. The lowest BCUT2D eigenvalue weighted by molar-refractivity contribution is 0.0687. The van der Waals surface area contributed by atoms with Gasteiger partial charge in [-0.05, 0) is 24.6 Å². The summed E-state index contributed by atoms with van der Waals surface area (Å²) in [6, 6.07) is 7.06. The number of hydrogen-bond donors (Lipinski definition) is 2. The van der Waals surface area contributed by atoms with E-state index >= 15 is 0 Å². The average Bonchev–Trinajstić information content (AvgIpc) is 2.32. The molecule has 4 nitrogen and oxygen atoms in total. The van der Waals surface area contributed by atoms with Crippen LogP contribution in [0.2, 0.25) is 5.02 Å². The molecule has 2 rings (SSSR count). The Kier molecular flexibility index (Phi) is 3.21. The Labute approximate surface area is 108 Å². The van der Waals surface area contributed by atoms with Crippen molar-refractivity contribution in [3.63, 3.8) is 0 Å². The van der Waals surface area contributed by atoms with Gasteiger partial charge in [-0.15, -0.1) is 0 Å². The highest BCUT2D eigenvalue weighted by Crippen LogP contribution is 2.31. The van der Waals surface area contributed by atoms with E-state index in [-0.39, 0.29) is 11.4 Å². The third kappa shape index (κ3) is 2.15. The summed E-state index contributed by atoms with van der Waals surface area (Å²) in [5.74, 6) is -1.58. The van der Waals surface area contributed by atoms with Crippen LogP contribution in [0.1, 0.15) is 16.1 Å². The van der Waals surface area contributed by atoms with Crippen molar-refractivity contribution in [3.8, 4) is 16.9 Å². The zero-order valence-electron chi connectivity index (χ0n) is 9.51. The molecule has 18 heavy (non-hydrogen) atoms. The monoisotopic (exact) mass is 263 g/mol. The molecule has 92 valence electrons. The highest BCUT2D eigenvalue weighted by Gasteiger charge is 2.16. The lowest BCUT2D eigenvalue weighted by atomic mass is 10.0. The third-order valence-electron chi connectivity index (χ3n) is 2.64. The summed E-state index contributed by atoms with van der Waals surface area (Å²) in [4.78, 5) is 14.6. The molecular formula is C13H10ClNO3.